The van der Waals surface area contributed by atoms with Crippen molar-refractivity contribution in [3.63, 3.8) is 0 Å². The Morgan fingerprint density at radius 1 is 1.38 bits per heavy atom. The van der Waals surface area contributed by atoms with E-state index in [1.807, 2.05) is 0 Å². The average molecular weight is 308 g/mol. The van der Waals surface area contributed by atoms with E-state index >= 15 is 0 Å². The molecule has 7 heteroatoms. The zero-order valence-corrected chi connectivity index (χ0v) is 11.1. The highest BCUT2D eigenvalue weighted by molar-refractivity contribution is 9.10. The Morgan fingerprint density at radius 2 is 2.12 bits per heavy atom. The standard InChI is InChI=1S/C9H14BrN3O2S/c10-8-5-9(7-12-6-8)16(14,15)13-4-2-1-3-11/h5-7,13H,1-4,11H2. The SMILES string of the molecule is NCCCCNS(=O)(=O)c1cncc(Br)c1. The lowest BCUT2D eigenvalue weighted by molar-refractivity contribution is 0.576. The molecule has 0 aliphatic carbocycles. The molecule has 0 atom stereocenters. The number of hydrogen-bond donors (Lipinski definition) is 2. The van der Waals surface area contributed by atoms with E-state index in [1.165, 1.54) is 18.5 Å². The number of nitrogens with one attached hydrogen (secondary N) is 1. The first-order valence-electron chi connectivity index (χ1n) is 4.86. The molecule has 0 bridgehead atoms. The summed E-state index contributed by atoms with van der Waals surface area (Å²) in [5, 5.41) is 0. The second-order valence-corrected chi connectivity index (χ2v) is 5.92. The number of pyridine rings is 1. The molecule has 0 fully saturated rings. The number of nitrogens with zero attached hydrogens (tertiary/aromatic N) is 1. The Bertz CT molecular complexity index is 436. The van der Waals surface area contributed by atoms with Crippen LogP contribution in [-0.2, 0) is 10.0 Å². The number of sulfonamides is 1. The van der Waals surface area contributed by atoms with Gasteiger partial charge in [-0.25, -0.2) is 13.1 Å². The zero-order chi connectivity index (χ0) is 12.0. The van der Waals surface area contributed by atoms with E-state index < -0.39 is 10.0 Å². The van der Waals surface area contributed by atoms with Gasteiger partial charge in [-0.15, -0.1) is 0 Å². The van der Waals surface area contributed by atoms with Crippen molar-refractivity contribution >= 4 is 26.0 Å². The smallest absolute Gasteiger partial charge is 0.242 e. The van der Waals surface area contributed by atoms with Crippen molar-refractivity contribution in [1.82, 2.24) is 9.71 Å². The van der Waals surface area contributed by atoms with Crippen LogP contribution in [-0.4, -0.2) is 26.5 Å². The molecule has 1 rings (SSSR count). The summed E-state index contributed by atoms with van der Waals surface area (Å²) in [7, 11) is -3.45. The molecule has 16 heavy (non-hydrogen) atoms. The number of unbranched alkanes of at least 4 members (excludes halogenated alkanes) is 1. The number of aromatic nitrogens is 1. The molecule has 0 aliphatic heterocycles. The highest BCUT2D eigenvalue weighted by atomic mass is 79.9. The summed E-state index contributed by atoms with van der Waals surface area (Å²) < 4.78 is 26.6. The zero-order valence-electron chi connectivity index (χ0n) is 8.69. The van der Waals surface area contributed by atoms with Gasteiger partial charge in [-0.05, 0) is 41.4 Å². The average Bonchev–Trinajstić information content (AvgIpc) is 2.24. The van der Waals surface area contributed by atoms with Crippen molar-refractivity contribution < 1.29 is 8.42 Å². The normalized spacial score (nSPS) is 11.6. The van der Waals surface area contributed by atoms with Crippen molar-refractivity contribution in [3.8, 4) is 0 Å². The molecule has 0 saturated carbocycles. The van der Waals surface area contributed by atoms with Crippen LogP contribution in [0.1, 0.15) is 12.8 Å². The van der Waals surface area contributed by atoms with Crippen molar-refractivity contribution in [1.29, 1.82) is 0 Å². The number of halogens is 1. The minimum absolute atomic E-state index is 0.162. The lowest BCUT2D eigenvalue weighted by atomic mass is 10.3. The largest absolute Gasteiger partial charge is 0.330 e. The number of nitrogens with two attached hydrogens (primary N) is 1. The summed E-state index contributed by atoms with van der Waals surface area (Å²) in [6, 6.07) is 1.51. The first-order chi connectivity index (χ1) is 7.56. The predicted octanol–water partition coefficient (Wildman–Crippen LogP) is 0.861. The van der Waals surface area contributed by atoms with Gasteiger partial charge in [-0.1, -0.05) is 0 Å². The fourth-order valence-electron chi connectivity index (χ4n) is 1.10. The molecule has 0 spiro atoms. The summed E-state index contributed by atoms with van der Waals surface area (Å²) in [4.78, 5) is 3.97. The third-order valence-corrected chi connectivity index (χ3v) is 3.77. The van der Waals surface area contributed by atoms with Crippen molar-refractivity contribution in [2.45, 2.75) is 17.7 Å². The number of rotatable bonds is 6. The van der Waals surface area contributed by atoms with Gasteiger partial charge in [0.1, 0.15) is 4.90 Å². The Labute approximate surface area is 104 Å². The molecule has 0 radical (unpaired) electrons. The Kier molecular flexibility index (Phi) is 5.33. The predicted molar refractivity (Wildman–Crippen MR) is 65.4 cm³/mol. The van der Waals surface area contributed by atoms with Crippen LogP contribution >= 0.6 is 15.9 Å². The molecule has 0 aromatic carbocycles. The van der Waals surface area contributed by atoms with Gasteiger partial charge in [-0.3, -0.25) is 4.98 Å². The van der Waals surface area contributed by atoms with E-state index in [4.69, 9.17) is 5.73 Å². The number of hydrogen-bond acceptors (Lipinski definition) is 4. The van der Waals surface area contributed by atoms with Crippen molar-refractivity contribution in [2.75, 3.05) is 13.1 Å². The third-order valence-electron chi connectivity index (χ3n) is 1.91. The molecule has 5 nitrogen and oxygen atoms in total. The highest BCUT2D eigenvalue weighted by Gasteiger charge is 2.13. The van der Waals surface area contributed by atoms with Crippen LogP contribution in [0.4, 0.5) is 0 Å². The van der Waals surface area contributed by atoms with Gasteiger partial charge in [-0.2, -0.15) is 0 Å². The minimum Gasteiger partial charge on any atom is -0.330 e. The fraction of sp³-hybridized carbons (Fsp3) is 0.444. The van der Waals surface area contributed by atoms with Gasteiger partial charge in [0.15, 0.2) is 0 Å². The van der Waals surface area contributed by atoms with Crippen molar-refractivity contribution in [3.05, 3.63) is 22.9 Å². The first kappa shape index (κ1) is 13.6. The first-order valence-corrected chi connectivity index (χ1v) is 7.14. The Hall–Kier alpha value is -0.500. The molecule has 90 valence electrons. The van der Waals surface area contributed by atoms with E-state index in [1.54, 1.807) is 0 Å². The molecule has 1 aromatic rings. The quantitative estimate of drug-likeness (QED) is 0.763. The Balaban J connectivity index is 2.64. The van der Waals surface area contributed by atoms with Crippen LogP contribution < -0.4 is 10.5 Å². The van der Waals surface area contributed by atoms with Gasteiger partial charge in [0, 0.05) is 23.4 Å². The summed E-state index contributed by atoms with van der Waals surface area (Å²) >= 11 is 3.18. The van der Waals surface area contributed by atoms with Crippen LogP contribution in [0.25, 0.3) is 0 Å². The van der Waals surface area contributed by atoms with E-state index in [2.05, 4.69) is 25.6 Å². The van der Waals surface area contributed by atoms with Gasteiger partial charge in [0.2, 0.25) is 10.0 Å². The summed E-state index contributed by atoms with van der Waals surface area (Å²) in [6.07, 6.45) is 4.39. The van der Waals surface area contributed by atoms with E-state index in [-0.39, 0.29) is 4.90 Å². The highest BCUT2D eigenvalue weighted by Crippen LogP contribution is 2.13. The summed E-state index contributed by atoms with van der Waals surface area (Å²) in [6.45, 7) is 0.964. The van der Waals surface area contributed by atoms with Gasteiger partial charge >= 0.3 is 0 Å². The summed E-state index contributed by atoms with van der Waals surface area (Å²) in [5.74, 6) is 0. The second kappa shape index (κ2) is 6.29. The summed E-state index contributed by atoms with van der Waals surface area (Å²) in [5.41, 5.74) is 5.32. The maximum Gasteiger partial charge on any atom is 0.242 e. The van der Waals surface area contributed by atoms with Crippen LogP contribution in [0.2, 0.25) is 0 Å². The van der Waals surface area contributed by atoms with Crippen LogP contribution in [0, 0.1) is 0 Å². The lowest BCUT2D eigenvalue weighted by Crippen LogP contribution is -2.25. The second-order valence-electron chi connectivity index (χ2n) is 3.23. The molecule has 3 N–H and O–H groups in total. The van der Waals surface area contributed by atoms with Crippen LogP contribution in [0.15, 0.2) is 27.8 Å². The third kappa shape index (κ3) is 4.17. The van der Waals surface area contributed by atoms with E-state index in [0.29, 0.717) is 17.6 Å². The van der Waals surface area contributed by atoms with Crippen LogP contribution in [0.3, 0.4) is 0 Å². The van der Waals surface area contributed by atoms with E-state index in [9.17, 15) is 8.42 Å². The topological polar surface area (TPSA) is 85.1 Å². The lowest BCUT2D eigenvalue weighted by Gasteiger charge is -2.05. The van der Waals surface area contributed by atoms with Gasteiger partial charge in [0.25, 0.3) is 0 Å². The molecule has 0 saturated heterocycles. The van der Waals surface area contributed by atoms with Gasteiger partial charge < -0.3 is 5.73 Å². The van der Waals surface area contributed by atoms with Crippen molar-refractivity contribution in [2.24, 2.45) is 5.73 Å². The molecular formula is C9H14BrN3O2S. The Morgan fingerprint density at radius 3 is 2.75 bits per heavy atom. The molecule has 0 unspecified atom stereocenters. The van der Waals surface area contributed by atoms with E-state index in [0.717, 1.165) is 12.8 Å². The molecule has 1 heterocycles. The maximum absolute atomic E-state index is 11.7. The molecule has 0 amide bonds. The maximum atomic E-state index is 11.7. The molecular weight excluding hydrogens is 294 g/mol. The van der Waals surface area contributed by atoms with Crippen LogP contribution in [0.5, 0.6) is 0 Å². The molecule has 0 aliphatic rings. The van der Waals surface area contributed by atoms with Gasteiger partial charge in [0.05, 0.1) is 0 Å². The minimum atomic E-state index is -3.45. The fourth-order valence-corrected chi connectivity index (χ4v) is 2.68. The molecule has 1 aromatic heterocycles. The monoisotopic (exact) mass is 307 g/mol.